The molecule has 104 valence electrons. The van der Waals surface area contributed by atoms with Crippen LogP contribution in [0.3, 0.4) is 0 Å². The van der Waals surface area contributed by atoms with Crippen molar-refractivity contribution in [1.82, 2.24) is 4.57 Å². The van der Waals surface area contributed by atoms with E-state index < -0.39 is 11.5 Å². The first kappa shape index (κ1) is 14.3. The first-order valence-corrected chi connectivity index (χ1v) is 6.26. The Morgan fingerprint density at radius 2 is 1.80 bits per heavy atom. The second-order valence-corrected chi connectivity index (χ2v) is 4.56. The van der Waals surface area contributed by atoms with Crippen LogP contribution in [-0.2, 0) is 6.54 Å². The maximum atomic E-state index is 12.1. The van der Waals surface area contributed by atoms with Crippen molar-refractivity contribution < 1.29 is 15.0 Å². The fraction of sp³-hybridized carbons (Fsp3) is 0.143. The lowest BCUT2D eigenvalue weighted by Gasteiger charge is -2.12. The Balaban J connectivity index is 2.64. The molecule has 0 atom stereocenters. The van der Waals surface area contributed by atoms with E-state index in [1.165, 1.54) is 10.6 Å². The van der Waals surface area contributed by atoms with Crippen LogP contribution in [-0.4, -0.2) is 27.4 Å². The number of benzene rings is 1. The molecule has 0 amide bonds. The molecule has 2 N–H and O–H groups in total. The second kappa shape index (κ2) is 5.90. The first-order chi connectivity index (χ1) is 9.54. The monoisotopic (exact) mass is 293 g/mol. The van der Waals surface area contributed by atoms with Crippen molar-refractivity contribution in [3.05, 3.63) is 57.3 Å². The van der Waals surface area contributed by atoms with Gasteiger partial charge in [-0.2, -0.15) is 0 Å². The number of pyridine rings is 1. The summed E-state index contributed by atoms with van der Waals surface area (Å²) in [4.78, 5) is 23.1. The molecule has 6 heteroatoms. The molecule has 0 unspecified atom stereocenters. The van der Waals surface area contributed by atoms with Crippen molar-refractivity contribution in [2.24, 2.45) is 0 Å². The van der Waals surface area contributed by atoms with Gasteiger partial charge in [-0.25, -0.2) is 4.79 Å². The second-order valence-electron chi connectivity index (χ2n) is 4.12. The highest BCUT2D eigenvalue weighted by Crippen LogP contribution is 2.20. The lowest BCUT2D eigenvalue weighted by molar-refractivity contribution is 0.0694. The fourth-order valence-electron chi connectivity index (χ4n) is 1.94. The molecule has 0 saturated heterocycles. The Labute approximate surface area is 119 Å². The zero-order chi connectivity index (χ0) is 14.7. The van der Waals surface area contributed by atoms with Gasteiger partial charge in [0.25, 0.3) is 5.56 Å². The number of nitrogens with zero attached hydrogens (tertiary/aromatic N) is 1. The van der Waals surface area contributed by atoms with Gasteiger partial charge >= 0.3 is 5.97 Å². The Bertz CT molecular complexity index is 691. The van der Waals surface area contributed by atoms with Gasteiger partial charge in [-0.1, -0.05) is 23.7 Å². The predicted molar refractivity (Wildman–Crippen MR) is 75.2 cm³/mol. The summed E-state index contributed by atoms with van der Waals surface area (Å²) in [6.45, 7) is -0.235. The lowest BCUT2D eigenvalue weighted by Crippen LogP contribution is -2.28. The van der Waals surface area contributed by atoms with E-state index in [0.29, 0.717) is 10.7 Å². The van der Waals surface area contributed by atoms with Crippen molar-refractivity contribution in [1.29, 1.82) is 0 Å². The lowest BCUT2D eigenvalue weighted by atomic mass is 10.1. The molecule has 0 saturated carbocycles. The number of carboxylic acids is 1. The van der Waals surface area contributed by atoms with E-state index in [9.17, 15) is 9.59 Å². The Kier molecular flexibility index (Phi) is 4.22. The third-order valence-corrected chi connectivity index (χ3v) is 3.12. The van der Waals surface area contributed by atoms with Gasteiger partial charge < -0.3 is 14.8 Å². The molecule has 1 heterocycles. The quantitative estimate of drug-likeness (QED) is 0.902. The van der Waals surface area contributed by atoms with E-state index in [4.69, 9.17) is 21.8 Å². The van der Waals surface area contributed by atoms with E-state index in [2.05, 4.69) is 0 Å². The molecule has 0 fully saturated rings. The van der Waals surface area contributed by atoms with E-state index in [0.717, 1.165) is 5.56 Å². The van der Waals surface area contributed by atoms with Gasteiger partial charge in [0, 0.05) is 11.6 Å². The van der Waals surface area contributed by atoms with Crippen molar-refractivity contribution in [3.63, 3.8) is 0 Å². The van der Waals surface area contributed by atoms with Crippen LogP contribution in [0.4, 0.5) is 0 Å². The summed E-state index contributed by atoms with van der Waals surface area (Å²) in [6, 6.07) is 9.62. The highest BCUT2D eigenvalue weighted by atomic mass is 35.5. The molecule has 2 aromatic rings. The van der Waals surface area contributed by atoms with Gasteiger partial charge in [0.2, 0.25) is 0 Å². The third-order valence-electron chi connectivity index (χ3n) is 2.87. The van der Waals surface area contributed by atoms with Crippen LogP contribution >= 0.6 is 11.6 Å². The summed E-state index contributed by atoms with van der Waals surface area (Å²) in [6.07, 6.45) is 0. The fourth-order valence-corrected chi connectivity index (χ4v) is 2.06. The van der Waals surface area contributed by atoms with Crippen molar-refractivity contribution in [3.8, 4) is 11.3 Å². The molecule has 0 spiro atoms. The summed E-state index contributed by atoms with van der Waals surface area (Å²) in [7, 11) is 0. The zero-order valence-electron chi connectivity index (χ0n) is 10.4. The molecule has 0 bridgehead atoms. The Morgan fingerprint density at radius 1 is 1.15 bits per heavy atom. The number of rotatable bonds is 4. The number of aliphatic hydroxyl groups is 1. The largest absolute Gasteiger partial charge is 0.477 e. The molecular weight excluding hydrogens is 282 g/mol. The molecule has 0 aliphatic rings. The molecule has 2 rings (SSSR count). The minimum absolute atomic E-state index is 0.0257. The highest BCUT2D eigenvalue weighted by molar-refractivity contribution is 6.30. The minimum atomic E-state index is -1.29. The third kappa shape index (κ3) is 2.74. The number of hydrogen-bond acceptors (Lipinski definition) is 3. The summed E-state index contributed by atoms with van der Waals surface area (Å²) in [5, 5.41) is 18.6. The summed E-state index contributed by atoms with van der Waals surface area (Å²) in [5.74, 6) is -1.29. The smallest absolute Gasteiger partial charge is 0.341 e. The molecule has 0 radical (unpaired) electrons. The summed E-state index contributed by atoms with van der Waals surface area (Å²) < 4.78 is 1.24. The zero-order valence-corrected chi connectivity index (χ0v) is 11.2. The number of carbonyl (C=O) groups is 1. The number of aromatic carboxylic acids is 1. The van der Waals surface area contributed by atoms with Gasteiger partial charge in [-0.15, -0.1) is 0 Å². The molecule has 20 heavy (non-hydrogen) atoms. The first-order valence-electron chi connectivity index (χ1n) is 5.88. The van der Waals surface area contributed by atoms with Crippen LogP contribution in [0.25, 0.3) is 11.3 Å². The molecule has 5 nitrogen and oxygen atoms in total. The average Bonchev–Trinajstić information content (AvgIpc) is 2.42. The van der Waals surface area contributed by atoms with Gasteiger partial charge in [0.1, 0.15) is 5.56 Å². The Morgan fingerprint density at radius 3 is 2.35 bits per heavy atom. The van der Waals surface area contributed by atoms with Crippen LogP contribution in [0.1, 0.15) is 10.4 Å². The van der Waals surface area contributed by atoms with Gasteiger partial charge in [0.15, 0.2) is 0 Å². The minimum Gasteiger partial charge on any atom is -0.477 e. The van der Waals surface area contributed by atoms with Crippen molar-refractivity contribution in [2.45, 2.75) is 6.54 Å². The topological polar surface area (TPSA) is 79.5 Å². The SMILES string of the molecule is O=C(O)c1ccc(-c2ccc(Cl)cc2)n(CCO)c1=O. The van der Waals surface area contributed by atoms with E-state index in [1.807, 2.05) is 0 Å². The number of hydrogen-bond donors (Lipinski definition) is 2. The predicted octanol–water partition coefficient (Wildman–Crippen LogP) is 1.86. The maximum Gasteiger partial charge on any atom is 0.341 e. The van der Waals surface area contributed by atoms with Gasteiger partial charge in [-0.05, 0) is 29.8 Å². The van der Waals surface area contributed by atoms with Crippen molar-refractivity contribution >= 4 is 17.6 Å². The standard InChI is InChI=1S/C14H12ClNO4/c15-10-3-1-9(2-4-10)12-6-5-11(14(19)20)13(18)16(12)7-8-17/h1-6,17H,7-8H2,(H,19,20). The van der Waals surface area contributed by atoms with Crippen molar-refractivity contribution in [2.75, 3.05) is 6.61 Å². The number of carboxylic acid groups (broad SMARTS) is 1. The van der Waals surface area contributed by atoms with E-state index >= 15 is 0 Å². The van der Waals surface area contributed by atoms with Crippen LogP contribution in [0, 0.1) is 0 Å². The normalized spacial score (nSPS) is 10.5. The summed E-state index contributed by atoms with van der Waals surface area (Å²) >= 11 is 5.81. The van der Waals surface area contributed by atoms with Crippen LogP contribution < -0.4 is 5.56 Å². The molecule has 0 aliphatic carbocycles. The van der Waals surface area contributed by atoms with E-state index in [-0.39, 0.29) is 18.7 Å². The Hall–Kier alpha value is -2.11. The molecular formula is C14H12ClNO4. The van der Waals surface area contributed by atoms with Crippen LogP contribution in [0.2, 0.25) is 5.02 Å². The molecule has 1 aromatic heterocycles. The van der Waals surface area contributed by atoms with Crippen LogP contribution in [0.5, 0.6) is 0 Å². The maximum absolute atomic E-state index is 12.1. The average molecular weight is 294 g/mol. The molecule has 0 aliphatic heterocycles. The highest BCUT2D eigenvalue weighted by Gasteiger charge is 2.14. The number of aliphatic hydroxyl groups excluding tert-OH is 1. The molecule has 1 aromatic carbocycles. The number of aromatic nitrogens is 1. The number of halogens is 1. The van der Waals surface area contributed by atoms with Crippen LogP contribution in [0.15, 0.2) is 41.2 Å². The van der Waals surface area contributed by atoms with E-state index in [1.54, 1.807) is 30.3 Å². The van der Waals surface area contributed by atoms with Gasteiger partial charge in [-0.3, -0.25) is 4.79 Å². The summed E-state index contributed by atoms with van der Waals surface area (Å²) in [5.41, 5.74) is 0.290. The van der Waals surface area contributed by atoms with Gasteiger partial charge in [0.05, 0.1) is 12.3 Å².